The van der Waals surface area contributed by atoms with Crippen molar-refractivity contribution in [2.75, 3.05) is 6.61 Å². The van der Waals surface area contributed by atoms with Crippen molar-refractivity contribution in [2.45, 2.75) is 49.4 Å². The van der Waals surface area contributed by atoms with Crippen LogP contribution in [0.3, 0.4) is 0 Å². The lowest BCUT2D eigenvalue weighted by atomic mass is 9.48. The maximum absolute atomic E-state index is 13.3. The zero-order valence-corrected chi connectivity index (χ0v) is 12.6. The molecule has 0 heterocycles. The molecule has 2 atom stereocenters. The average molecular weight is 339 g/mol. The van der Waals surface area contributed by atoms with Gasteiger partial charge in [-0.3, -0.25) is 9.83 Å². The lowest BCUT2D eigenvalue weighted by Crippen LogP contribution is -2.58. The molecule has 4 bridgehead atoms. The highest BCUT2D eigenvalue weighted by atomic mass is 32.2. The molecular weight excluding hydrogens is 322 g/mol. The predicted octanol–water partition coefficient (Wildman–Crippen LogP) is 1.33. The summed E-state index contributed by atoms with van der Waals surface area (Å²) < 4.78 is 35.0. The van der Waals surface area contributed by atoms with E-state index in [1.165, 1.54) is 0 Å². The van der Waals surface area contributed by atoms with Gasteiger partial charge in [0.05, 0.1) is 11.0 Å². The molecule has 9 heteroatoms. The number of halogens is 2. The van der Waals surface area contributed by atoms with Gasteiger partial charge in [0.1, 0.15) is 12.0 Å². The molecule has 0 aromatic heterocycles. The van der Waals surface area contributed by atoms with E-state index >= 15 is 0 Å². The zero-order valence-electron chi connectivity index (χ0n) is 11.8. The van der Waals surface area contributed by atoms with Crippen LogP contribution in [0.2, 0.25) is 0 Å². The van der Waals surface area contributed by atoms with E-state index in [9.17, 15) is 23.9 Å². The molecule has 4 rings (SSSR count). The first-order valence-electron chi connectivity index (χ1n) is 7.18. The molecule has 0 saturated heterocycles. The first-order chi connectivity index (χ1) is 10.3. The minimum absolute atomic E-state index is 0.255. The monoisotopic (exact) mass is 339 g/mol. The first-order valence-corrected chi connectivity index (χ1v) is 7.92. The average Bonchev–Trinajstić information content (AvgIpc) is 2.40. The number of esters is 1. The fraction of sp³-hybridized carbons (Fsp3) is 0.923. The van der Waals surface area contributed by atoms with Gasteiger partial charge in [-0.15, -0.1) is 0 Å². The third-order valence-corrected chi connectivity index (χ3v) is 5.50. The van der Waals surface area contributed by atoms with E-state index in [1.54, 1.807) is 0 Å². The lowest BCUT2D eigenvalue weighted by Gasteiger charge is -2.58. The van der Waals surface area contributed by atoms with Gasteiger partial charge in [-0.1, -0.05) is 0 Å². The van der Waals surface area contributed by atoms with Gasteiger partial charge in [-0.25, -0.2) is 0 Å². The second kappa shape index (κ2) is 5.55. The summed E-state index contributed by atoms with van der Waals surface area (Å²) in [6, 6.07) is 0. The van der Waals surface area contributed by atoms with Crippen molar-refractivity contribution in [2.24, 2.45) is 17.3 Å². The van der Waals surface area contributed by atoms with Crippen LogP contribution in [-0.2, 0) is 18.9 Å². The number of rotatable bonds is 6. The largest absolute Gasteiger partial charge is 0.691 e. The number of carbonyl (C=O) groups is 1. The minimum Gasteiger partial charge on any atom is -0.691 e. The van der Waals surface area contributed by atoms with Gasteiger partial charge in [0.25, 0.3) is 0 Å². The topological polar surface area (TPSA) is 88.1 Å². The van der Waals surface area contributed by atoms with Crippen LogP contribution in [0.1, 0.15) is 38.5 Å². The molecule has 0 aliphatic heterocycles. The van der Waals surface area contributed by atoms with Crippen molar-refractivity contribution in [3.05, 3.63) is 0 Å². The highest BCUT2D eigenvalue weighted by molar-refractivity contribution is 7.95. The van der Waals surface area contributed by atoms with Crippen molar-refractivity contribution in [1.29, 1.82) is 0 Å². The molecule has 0 radical (unpaired) electrons. The van der Waals surface area contributed by atoms with Crippen LogP contribution >= 0.6 is 12.0 Å². The molecule has 0 amide bonds. The first kappa shape index (κ1) is 16.4. The Bertz CT molecular complexity index is 446. The van der Waals surface area contributed by atoms with Crippen LogP contribution in [-0.4, -0.2) is 28.5 Å². The summed E-state index contributed by atoms with van der Waals surface area (Å²) in [5.41, 5.74) is -1.71. The smallest absolute Gasteiger partial charge is 0.354 e. The number of hydrogen-bond donors (Lipinski definition) is 1. The van der Waals surface area contributed by atoms with Crippen LogP contribution in [0.5, 0.6) is 0 Å². The van der Waals surface area contributed by atoms with Crippen molar-refractivity contribution >= 4 is 18.0 Å². The SMILES string of the molecule is O=C(OCC(F)(F)SOO[O-])C12CC3CC(CC(O)(C3)C1)C2. The predicted molar refractivity (Wildman–Crippen MR) is 67.7 cm³/mol. The van der Waals surface area contributed by atoms with Crippen LogP contribution in [0, 0.1) is 17.3 Å². The molecule has 4 fully saturated rings. The Labute approximate surface area is 130 Å². The summed E-state index contributed by atoms with van der Waals surface area (Å²) in [4.78, 5) is 12.3. The highest BCUT2D eigenvalue weighted by Crippen LogP contribution is 2.62. The normalized spacial score (nSPS) is 40.0. The van der Waals surface area contributed by atoms with Crippen molar-refractivity contribution in [3.63, 3.8) is 0 Å². The Hall–Kier alpha value is -0.480. The van der Waals surface area contributed by atoms with E-state index in [0.29, 0.717) is 25.7 Å². The van der Waals surface area contributed by atoms with E-state index in [1.807, 2.05) is 0 Å². The highest BCUT2D eigenvalue weighted by Gasteiger charge is 2.61. The summed E-state index contributed by atoms with van der Waals surface area (Å²) >= 11 is -0.498. The molecule has 1 N–H and O–H groups in total. The van der Waals surface area contributed by atoms with E-state index in [0.717, 1.165) is 6.42 Å². The number of aliphatic hydroxyl groups is 1. The number of hydrogen-bond acceptors (Lipinski definition) is 7. The fourth-order valence-electron chi connectivity index (χ4n) is 4.84. The Morgan fingerprint density at radius 1 is 1.32 bits per heavy atom. The minimum atomic E-state index is -3.57. The Morgan fingerprint density at radius 2 is 1.95 bits per heavy atom. The molecule has 0 aromatic carbocycles. The number of carbonyl (C=O) groups excluding carboxylic acids is 1. The summed E-state index contributed by atoms with van der Waals surface area (Å²) in [7, 11) is 0. The maximum atomic E-state index is 13.3. The molecule has 22 heavy (non-hydrogen) atoms. The van der Waals surface area contributed by atoms with E-state index in [-0.39, 0.29) is 18.3 Å². The van der Waals surface area contributed by atoms with Gasteiger partial charge in [0.15, 0.2) is 6.61 Å². The molecule has 0 aromatic rings. The van der Waals surface area contributed by atoms with Gasteiger partial charge in [-0.05, 0) is 50.4 Å². The van der Waals surface area contributed by atoms with E-state index in [4.69, 9.17) is 4.74 Å². The summed E-state index contributed by atoms with van der Waals surface area (Å²) in [6.07, 6.45) is 3.80. The van der Waals surface area contributed by atoms with Gasteiger partial charge >= 0.3 is 11.2 Å². The van der Waals surface area contributed by atoms with Gasteiger partial charge < -0.3 is 15.1 Å². The third-order valence-electron chi connectivity index (χ3n) is 5.02. The lowest BCUT2D eigenvalue weighted by molar-refractivity contribution is -0.777. The van der Waals surface area contributed by atoms with Gasteiger partial charge in [-0.2, -0.15) is 13.1 Å². The summed E-state index contributed by atoms with van der Waals surface area (Å²) in [5, 5.41) is 19.4. The Morgan fingerprint density at radius 3 is 2.50 bits per heavy atom. The fourth-order valence-corrected chi connectivity index (χ4v) is 5.08. The van der Waals surface area contributed by atoms with E-state index in [2.05, 4.69) is 9.37 Å². The maximum Gasteiger partial charge on any atom is 0.354 e. The van der Waals surface area contributed by atoms with Gasteiger partial charge in [0.2, 0.25) is 0 Å². The molecule has 0 spiro atoms. The van der Waals surface area contributed by atoms with Crippen LogP contribution in [0.15, 0.2) is 0 Å². The van der Waals surface area contributed by atoms with Crippen LogP contribution in [0.25, 0.3) is 0 Å². The summed E-state index contributed by atoms with van der Waals surface area (Å²) in [5.74, 6) is -0.180. The Kier molecular flexibility index (Phi) is 4.14. The standard InChI is InChI=1S/C13H18F2O6S/c14-13(15,22-21-20-18)7-19-10(16)11-2-8-1-9(3-11)5-12(17,4-8)6-11/h8-9,17-18H,1-7H2/p-1. The molecule has 4 saturated carbocycles. The second-order valence-corrected chi connectivity index (χ2v) is 7.80. The summed E-state index contributed by atoms with van der Waals surface area (Å²) in [6.45, 7) is -1.20. The second-order valence-electron chi connectivity index (χ2n) is 6.90. The molecule has 4 aliphatic rings. The van der Waals surface area contributed by atoms with Crippen molar-refractivity contribution in [1.82, 2.24) is 0 Å². The quantitative estimate of drug-likeness (QED) is 0.338. The Balaban J connectivity index is 1.63. The third kappa shape index (κ3) is 3.09. The molecule has 6 nitrogen and oxygen atoms in total. The van der Waals surface area contributed by atoms with Gasteiger partial charge in [0, 0.05) is 0 Å². The molecule has 4 aliphatic carbocycles. The van der Waals surface area contributed by atoms with Crippen molar-refractivity contribution < 1.29 is 38.0 Å². The molecular formula is C13H17F2O6S-. The van der Waals surface area contributed by atoms with E-state index < -0.39 is 40.9 Å². The molecule has 126 valence electrons. The molecule has 2 unspecified atom stereocenters. The number of ether oxygens (including phenoxy) is 1. The van der Waals surface area contributed by atoms with Crippen molar-refractivity contribution in [3.8, 4) is 0 Å². The van der Waals surface area contributed by atoms with Crippen LogP contribution in [0.4, 0.5) is 8.78 Å². The van der Waals surface area contributed by atoms with Crippen LogP contribution < -0.4 is 5.26 Å². The zero-order chi connectivity index (χ0) is 16.0. The number of alkyl halides is 2.